The average Bonchev–Trinajstić information content (AvgIpc) is 2.21. The summed E-state index contributed by atoms with van der Waals surface area (Å²) in [6.07, 6.45) is 0.370. The number of benzene rings is 1. The van der Waals surface area contributed by atoms with Gasteiger partial charge in [-0.3, -0.25) is 9.63 Å². The van der Waals surface area contributed by atoms with Crippen molar-refractivity contribution in [2.45, 2.75) is 20.3 Å². The number of hydroxylamine groups is 2. The molecular formula is C12H16BrNO2. The second-order valence-corrected chi connectivity index (χ2v) is 4.68. The van der Waals surface area contributed by atoms with E-state index < -0.39 is 0 Å². The first kappa shape index (κ1) is 13.2. The summed E-state index contributed by atoms with van der Waals surface area (Å²) in [7, 11) is 3.10. The fourth-order valence-electron chi connectivity index (χ4n) is 1.58. The Bertz CT molecular complexity index is 381. The van der Waals surface area contributed by atoms with Crippen molar-refractivity contribution < 1.29 is 9.63 Å². The molecule has 0 saturated carbocycles. The number of likely N-dealkylation sites (N-methyl/N-ethyl adjacent to an activating group) is 1. The number of halogens is 1. The maximum Gasteiger partial charge on any atom is 0.250 e. The van der Waals surface area contributed by atoms with Gasteiger partial charge in [-0.05, 0) is 42.7 Å². The van der Waals surface area contributed by atoms with Crippen LogP contribution in [0.25, 0.3) is 0 Å². The molecule has 1 aromatic rings. The van der Waals surface area contributed by atoms with E-state index >= 15 is 0 Å². The van der Waals surface area contributed by atoms with Crippen LogP contribution in [-0.4, -0.2) is 25.1 Å². The molecule has 88 valence electrons. The molecule has 0 N–H and O–H groups in total. The Morgan fingerprint density at radius 3 is 2.31 bits per heavy atom. The van der Waals surface area contributed by atoms with Gasteiger partial charge in [-0.25, -0.2) is 5.06 Å². The number of rotatable bonds is 3. The fraction of sp³-hybridized carbons (Fsp3) is 0.417. The van der Waals surface area contributed by atoms with Gasteiger partial charge in [0.25, 0.3) is 0 Å². The summed E-state index contributed by atoms with van der Waals surface area (Å²) in [5.41, 5.74) is 3.30. The highest BCUT2D eigenvalue weighted by molar-refractivity contribution is 9.10. The standard InChI is InChI=1S/C12H16BrNO2/c1-8-5-10(13)6-9(2)11(8)7-12(15)14(3)16-4/h5-6H,7H2,1-4H3. The zero-order chi connectivity index (χ0) is 12.3. The van der Waals surface area contributed by atoms with Crippen molar-refractivity contribution in [3.8, 4) is 0 Å². The third kappa shape index (κ3) is 3.06. The number of nitrogens with zero attached hydrogens (tertiary/aromatic N) is 1. The van der Waals surface area contributed by atoms with Crippen LogP contribution in [0, 0.1) is 13.8 Å². The molecule has 1 amide bonds. The summed E-state index contributed by atoms with van der Waals surface area (Å²) in [5, 5.41) is 1.25. The minimum absolute atomic E-state index is 0.0453. The van der Waals surface area contributed by atoms with Crippen molar-refractivity contribution in [2.24, 2.45) is 0 Å². The van der Waals surface area contributed by atoms with Crippen molar-refractivity contribution in [3.05, 3.63) is 33.3 Å². The Hall–Kier alpha value is -0.870. The van der Waals surface area contributed by atoms with Crippen LogP contribution < -0.4 is 0 Å². The van der Waals surface area contributed by atoms with Gasteiger partial charge in [0.2, 0.25) is 5.91 Å². The summed E-state index contributed by atoms with van der Waals surface area (Å²) in [6, 6.07) is 4.03. The highest BCUT2D eigenvalue weighted by Crippen LogP contribution is 2.21. The molecule has 16 heavy (non-hydrogen) atoms. The van der Waals surface area contributed by atoms with Crippen LogP contribution in [0.15, 0.2) is 16.6 Å². The number of carbonyl (C=O) groups is 1. The van der Waals surface area contributed by atoms with Crippen LogP contribution >= 0.6 is 15.9 Å². The largest absolute Gasteiger partial charge is 0.275 e. The lowest BCUT2D eigenvalue weighted by Gasteiger charge is -2.16. The lowest BCUT2D eigenvalue weighted by Crippen LogP contribution is -2.27. The van der Waals surface area contributed by atoms with Gasteiger partial charge in [0, 0.05) is 11.5 Å². The number of hydrogen-bond acceptors (Lipinski definition) is 2. The number of aryl methyl sites for hydroxylation is 2. The highest BCUT2D eigenvalue weighted by Gasteiger charge is 2.13. The van der Waals surface area contributed by atoms with Crippen LogP contribution in [0.2, 0.25) is 0 Å². The first-order valence-electron chi connectivity index (χ1n) is 5.02. The lowest BCUT2D eigenvalue weighted by molar-refractivity contribution is -0.167. The van der Waals surface area contributed by atoms with E-state index in [9.17, 15) is 4.79 Å². The quantitative estimate of drug-likeness (QED) is 0.799. The van der Waals surface area contributed by atoms with Gasteiger partial charge in [-0.2, -0.15) is 0 Å². The van der Waals surface area contributed by atoms with E-state index in [2.05, 4.69) is 15.9 Å². The minimum Gasteiger partial charge on any atom is -0.275 e. The summed E-state index contributed by atoms with van der Waals surface area (Å²) in [4.78, 5) is 16.6. The molecular weight excluding hydrogens is 270 g/mol. The molecule has 0 unspecified atom stereocenters. The monoisotopic (exact) mass is 285 g/mol. The van der Waals surface area contributed by atoms with Crippen molar-refractivity contribution >= 4 is 21.8 Å². The maximum atomic E-state index is 11.7. The number of amides is 1. The Kier molecular flexibility index (Phi) is 4.50. The molecule has 0 aliphatic carbocycles. The zero-order valence-corrected chi connectivity index (χ0v) is 11.6. The Morgan fingerprint density at radius 1 is 1.38 bits per heavy atom. The van der Waals surface area contributed by atoms with Crippen LogP contribution in [-0.2, 0) is 16.1 Å². The molecule has 4 heteroatoms. The molecule has 1 rings (SSSR count). The third-order valence-corrected chi connectivity index (χ3v) is 3.07. The molecule has 3 nitrogen and oxygen atoms in total. The maximum absolute atomic E-state index is 11.7. The zero-order valence-electron chi connectivity index (χ0n) is 10.0. The van der Waals surface area contributed by atoms with Crippen molar-refractivity contribution in [3.63, 3.8) is 0 Å². The van der Waals surface area contributed by atoms with Gasteiger partial charge >= 0.3 is 0 Å². The Morgan fingerprint density at radius 2 is 1.88 bits per heavy atom. The smallest absolute Gasteiger partial charge is 0.250 e. The number of hydrogen-bond donors (Lipinski definition) is 0. The van der Waals surface area contributed by atoms with E-state index in [1.165, 1.54) is 12.2 Å². The molecule has 0 atom stereocenters. The summed E-state index contributed by atoms with van der Waals surface area (Å²) < 4.78 is 1.04. The molecule has 0 radical (unpaired) electrons. The number of carbonyl (C=O) groups excluding carboxylic acids is 1. The van der Waals surface area contributed by atoms with Crippen molar-refractivity contribution in [2.75, 3.05) is 14.2 Å². The SMILES string of the molecule is CON(C)C(=O)Cc1c(C)cc(Br)cc1C. The summed E-state index contributed by atoms with van der Waals surface area (Å²) in [5.74, 6) is -0.0453. The first-order chi connectivity index (χ1) is 7.45. The summed E-state index contributed by atoms with van der Waals surface area (Å²) >= 11 is 3.44. The van der Waals surface area contributed by atoms with Crippen LogP contribution in [0.1, 0.15) is 16.7 Å². The van der Waals surface area contributed by atoms with Crippen LogP contribution in [0.4, 0.5) is 0 Å². The van der Waals surface area contributed by atoms with Gasteiger partial charge in [-0.15, -0.1) is 0 Å². The predicted molar refractivity (Wildman–Crippen MR) is 67.1 cm³/mol. The van der Waals surface area contributed by atoms with E-state index in [1.807, 2.05) is 26.0 Å². The highest BCUT2D eigenvalue weighted by atomic mass is 79.9. The van der Waals surface area contributed by atoms with E-state index in [4.69, 9.17) is 4.84 Å². The molecule has 0 aromatic heterocycles. The van der Waals surface area contributed by atoms with Crippen LogP contribution in [0.5, 0.6) is 0 Å². The average molecular weight is 286 g/mol. The van der Waals surface area contributed by atoms with Crippen molar-refractivity contribution in [1.82, 2.24) is 5.06 Å². The first-order valence-corrected chi connectivity index (χ1v) is 5.81. The van der Waals surface area contributed by atoms with Crippen LogP contribution in [0.3, 0.4) is 0 Å². The predicted octanol–water partition coefficient (Wildman–Crippen LogP) is 2.63. The molecule has 0 heterocycles. The fourth-order valence-corrected chi connectivity index (χ4v) is 2.27. The van der Waals surface area contributed by atoms with Gasteiger partial charge in [-0.1, -0.05) is 15.9 Å². The molecule has 1 aromatic carbocycles. The van der Waals surface area contributed by atoms with E-state index in [-0.39, 0.29) is 5.91 Å². The second-order valence-electron chi connectivity index (χ2n) is 3.77. The van der Waals surface area contributed by atoms with E-state index in [0.717, 1.165) is 21.2 Å². The van der Waals surface area contributed by atoms with E-state index in [1.54, 1.807) is 7.05 Å². The van der Waals surface area contributed by atoms with E-state index in [0.29, 0.717) is 6.42 Å². The molecule has 0 spiro atoms. The molecule has 0 aliphatic rings. The normalized spacial score (nSPS) is 10.3. The van der Waals surface area contributed by atoms with Gasteiger partial charge in [0.15, 0.2) is 0 Å². The molecule has 0 bridgehead atoms. The summed E-state index contributed by atoms with van der Waals surface area (Å²) in [6.45, 7) is 4.01. The van der Waals surface area contributed by atoms with Gasteiger partial charge in [0.05, 0.1) is 13.5 Å². The minimum atomic E-state index is -0.0453. The topological polar surface area (TPSA) is 29.5 Å². The lowest BCUT2D eigenvalue weighted by atomic mass is 10.00. The molecule has 0 saturated heterocycles. The Labute approximate surface area is 104 Å². The molecule has 0 fully saturated rings. The third-order valence-electron chi connectivity index (χ3n) is 2.61. The van der Waals surface area contributed by atoms with Crippen molar-refractivity contribution in [1.29, 1.82) is 0 Å². The van der Waals surface area contributed by atoms with Gasteiger partial charge in [0.1, 0.15) is 0 Å². The Balaban J connectivity index is 2.93. The second kappa shape index (κ2) is 5.46. The molecule has 0 aliphatic heterocycles. The van der Waals surface area contributed by atoms with Gasteiger partial charge < -0.3 is 0 Å².